The largest absolute Gasteiger partial charge is 0.393 e. The number of aliphatic hydroxyl groups excluding tert-OH is 1. The molecule has 0 aliphatic heterocycles. The quantitative estimate of drug-likeness (QED) is 0.892. The minimum absolute atomic E-state index is 0.209. The van der Waals surface area contributed by atoms with Crippen LogP contribution in [-0.2, 0) is 6.42 Å². The smallest absolute Gasteiger partial charge is 0.0950 e. The number of aliphatic hydroxyl groups is 1. The van der Waals surface area contributed by atoms with Crippen LogP contribution < -0.4 is 0 Å². The van der Waals surface area contributed by atoms with Gasteiger partial charge in [-0.3, -0.25) is 0 Å². The standard InChI is InChI=1S/C18H27NOS/c1-16-6-13-7-17(2,10-16)12-18(8-13,11-16)9-14(20)5-15-19-3-4-21-15/h3-4,13-14,20H,5-12H2,1-2H3. The molecular formula is C18H27NOS. The van der Waals surface area contributed by atoms with E-state index in [1.807, 2.05) is 11.6 Å². The zero-order valence-electron chi connectivity index (χ0n) is 13.3. The molecule has 4 bridgehead atoms. The van der Waals surface area contributed by atoms with Crippen LogP contribution in [0.3, 0.4) is 0 Å². The highest BCUT2D eigenvalue weighted by atomic mass is 32.1. The van der Waals surface area contributed by atoms with Crippen LogP contribution in [-0.4, -0.2) is 16.2 Å². The summed E-state index contributed by atoms with van der Waals surface area (Å²) in [6.07, 6.45) is 11.7. The van der Waals surface area contributed by atoms with E-state index in [9.17, 15) is 5.11 Å². The Balaban J connectivity index is 1.51. The van der Waals surface area contributed by atoms with Crippen molar-refractivity contribution >= 4 is 11.3 Å². The van der Waals surface area contributed by atoms with Crippen LogP contribution in [0.1, 0.15) is 63.8 Å². The highest BCUT2D eigenvalue weighted by molar-refractivity contribution is 7.09. The molecule has 4 saturated carbocycles. The Morgan fingerprint density at radius 3 is 2.52 bits per heavy atom. The van der Waals surface area contributed by atoms with E-state index >= 15 is 0 Å². The Hall–Kier alpha value is -0.410. The fourth-order valence-corrected chi connectivity index (χ4v) is 7.73. The van der Waals surface area contributed by atoms with Crippen molar-refractivity contribution in [2.45, 2.75) is 71.3 Å². The van der Waals surface area contributed by atoms with Crippen LogP contribution in [0, 0.1) is 22.2 Å². The summed E-state index contributed by atoms with van der Waals surface area (Å²) in [5.74, 6) is 0.920. The van der Waals surface area contributed by atoms with Crippen molar-refractivity contribution in [3.05, 3.63) is 16.6 Å². The molecule has 0 aromatic carbocycles. The summed E-state index contributed by atoms with van der Waals surface area (Å²) in [5.41, 5.74) is 1.52. The van der Waals surface area contributed by atoms with Gasteiger partial charge in [-0.15, -0.1) is 11.3 Å². The molecule has 3 atom stereocenters. The van der Waals surface area contributed by atoms with E-state index in [2.05, 4.69) is 18.8 Å². The van der Waals surface area contributed by atoms with E-state index in [4.69, 9.17) is 0 Å². The van der Waals surface area contributed by atoms with Gasteiger partial charge in [-0.1, -0.05) is 13.8 Å². The van der Waals surface area contributed by atoms with Crippen molar-refractivity contribution in [1.29, 1.82) is 0 Å². The summed E-state index contributed by atoms with van der Waals surface area (Å²) in [4.78, 5) is 4.34. The lowest BCUT2D eigenvalue weighted by Gasteiger charge is -2.66. The normalized spacial score (nSPS) is 46.0. The number of thiazole rings is 1. The number of hydrogen-bond acceptors (Lipinski definition) is 3. The molecule has 0 spiro atoms. The molecule has 116 valence electrons. The van der Waals surface area contributed by atoms with Gasteiger partial charge in [0.25, 0.3) is 0 Å². The molecular weight excluding hydrogens is 278 g/mol. The lowest BCUT2D eigenvalue weighted by Crippen LogP contribution is -2.55. The van der Waals surface area contributed by atoms with Gasteiger partial charge in [-0.05, 0) is 67.1 Å². The average Bonchev–Trinajstić information content (AvgIpc) is 2.74. The number of nitrogens with zero attached hydrogens (tertiary/aromatic N) is 1. The number of aromatic nitrogens is 1. The van der Waals surface area contributed by atoms with Crippen molar-refractivity contribution in [1.82, 2.24) is 4.98 Å². The summed E-state index contributed by atoms with van der Waals surface area (Å²) < 4.78 is 0. The molecule has 1 aromatic rings. The molecule has 1 aromatic heterocycles. The molecule has 0 radical (unpaired) electrons. The van der Waals surface area contributed by atoms with Crippen molar-refractivity contribution in [3.8, 4) is 0 Å². The van der Waals surface area contributed by atoms with E-state index in [0.29, 0.717) is 16.2 Å². The van der Waals surface area contributed by atoms with Gasteiger partial charge in [-0.2, -0.15) is 0 Å². The molecule has 0 amide bonds. The van der Waals surface area contributed by atoms with E-state index < -0.39 is 0 Å². The third kappa shape index (κ3) is 2.57. The van der Waals surface area contributed by atoms with E-state index in [1.165, 1.54) is 38.5 Å². The van der Waals surface area contributed by atoms with E-state index in [-0.39, 0.29) is 6.10 Å². The molecule has 4 aliphatic rings. The van der Waals surface area contributed by atoms with Gasteiger partial charge in [0.1, 0.15) is 0 Å². The van der Waals surface area contributed by atoms with Gasteiger partial charge in [0, 0.05) is 18.0 Å². The average molecular weight is 305 g/mol. The Kier molecular flexibility index (Phi) is 3.07. The topological polar surface area (TPSA) is 33.1 Å². The van der Waals surface area contributed by atoms with Gasteiger partial charge in [-0.25, -0.2) is 4.98 Å². The lowest BCUT2D eigenvalue weighted by atomic mass is 9.39. The van der Waals surface area contributed by atoms with Crippen LogP contribution in [0.25, 0.3) is 0 Å². The minimum Gasteiger partial charge on any atom is -0.393 e. The molecule has 1 heterocycles. The fraction of sp³-hybridized carbons (Fsp3) is 0.833. The van der Waals surface area contributed by atoms with Crippen LogP contribution in [0.4, 0.5) is 0 Å². The second kappa shape index (κ2) is 4.55. The molecule has 0 saturated heterocycles. The molecule has 5 rings (SSSR count). The number of rotatable bonds is 4. The molecule has 3 unspecified atom stereocenters. The predicted octanol–water partition coefficient (Wildman–Crippen LogP) is 4.43. The zero-order valence-corrected chi connectivity index (χ0v) is 14.1. The fourth-order valence-electron chi connectivity index (χ4n) is 7.04. The second-order valence-electron chi connectivity index (χ2n) is 9.12. The zero-order chi connectivity index (χ0) is 14.7. The van der Waals surface area contributed by atoms with Crippen molar-refractivity contribution < 1.29 is 5.11 Å². The molecule has 1 N–H and O–H groups in total. The maximum Gasteiger partial charge on any atom is 0.0950 e. The van der Waals surface area contributed by atoms with Crippen molar-refractivity contribution in [2.75, 3.05) is 0 Å². The maximum atomic E-state index is 10.6. The maximum absolute atomic E-state index is 10.6. The Morgan fingerprint density at radius 2 is 1.95 bits per heavy atom. The van der Waals surface area contributed by atoms with Gasteiger partial charge >= 0.3 is 0 Å². The second-order valence-corrected chi connectivity index (χ2v) is 10.1. The third-order valence-electron chi connectivity index (χ3n) is 6.30. The Morgan fingerprint density at radius 1 is 1.24 bits per heavy atom. The molecule has 21 heavy (non-hydrogen) atoms. The summed E-state index contributed by atoms with van der Waals surface area (Å²) >= 11 is 1.67. The highest BCUT2D eigenvalue weighted by Gasteiger charge is 2.60. The first-order valence-corrected chi connectivity index (χ1v) is 9.32. The van der Waals surface area contributed by atoms with Gasteiger partial charge in [0.05, 0.1) is 11.1 Å². The van der Waals surface area contributed by atoms with Crippen LogP contribution in [0.2, 0.25) is 0 Å². The first kappa shape index (κ1) is 14.2. The highest BCUT2D eigenvalue weighted by Crippen LogP contribution is 2.70. The minimum atomic E-state index is -0.209. The molecule has 3 heteroatoms. The molecule has 4 aliphatic carbocycles. The van der Waals surface area contributed by atoms with Gasteiger partial charge in [0.15, 0.2) is 0 Å². The monoisotopic (exact) mass is 305 g/mol. The lowest BCUT2D eigenvalue weighted by molar-refractivity contribution is -0.156. The van der Waals surface area contributed by atoms with Gasteiger partial charge < -0.3 is 5.11 Å². The molecule has 2 nitrogen and oxygen atoms in total. The Labute approximate surface area is 132 Å². The van der Waals surface area contributed by atoms with Gasteiger partial charge in [0.2, 0.25) is 0 Å². The van der Waals surface area contributed by atoms with Crippen molar-refractivity contribution in [2.24, 2.45) is 22.2 Å². The Bertz CT molecular complexity index is 507. The number of hydrogen-bond donors (Lipinski definition) is 1. The molecule has 4 fully saturated rings. The predicted molar refractivity (Wildman–Crippen MR) is 86.3 cm³/mol. The SMILES string of the molecule is CC12CC3CC(C)(C1)CC(CC(O)Cc1nccs1)(C3)C2. The third-order valence-corrected chi connectivity index (χ3v) is 7.11. The first-order chi connectivity index (χ1) is 9.88. The summed E-state index contributed by atoms with van der Waals surface area (Å²) in [7, 11) is 0. The van der Waals surface area contributed by atoms with E-state index in [1.54, 1.807) is 11.3 Å². The van der Waals surface area contributed by atoms with Crippen LogP contribution in [0.15, 0.2) is 11.6 Å². The van der Waals surface area contributed by atoms with Crippen LogP contribution >= 0.6 is 11.3 Å². The summed E-state index contributed by atoms with van der Waals surface area (Å²) in [6.45, 7) is 5.02. The summed E-state index contributed by atoms with van der Waals surface area (Å²) in [5, 5.41) is 13.7. The first-order valence-electron chi connectivity index (χ1n) is 8.44. The van der Waals surface area contributed by atoms with E-state index in [0.717, 1.165) is 23.8 Å². The van der Waals surface area contributed by atoms with Crippen LogP contribution in [0.5, 0.6) is 0 Å². The van der Waals surface area contributed by atoms with Crippen molar-refractivity contribution in [3.63, 3.8) is 0 Å². The summed E-state index contributed by atoms with van der Waals surface area (Å²) in [6, 6.07) is 0.